The number of Topliss-reactive ketones (excluding diaryl/α,β-unsaturated/α-hetero) is 1. The highest BCUT2D eigenvalue weighted by atomic mass is 16.6. The van der Waals surface area contributed by atoms with Crippen LogP contribution in [0.5, 0.6) is 11.5 Å². The Kier molecular flexibility index (Phi) is 5.57. The number of benzene rings is 1. The van der Waals surface area contributed by atoms with Gasteiger partial charge in [0.05, 0.1) is 30.3 Å². The number of phenols is 1. The van der Waals surface area contributed by atoms with Gasteiger partial charge in [-0.2, -0.15) is 0 Å². The lowest BCUT2D eigenvalue weighted by Gasteiger charge is -2.70. The molecule has 1 heterocycles. The van der Waals surface area contributed by atoms with E-state index in [0.717, 1.165) is 30.4 Å². The van der Waals surface area contributed by atoms with Gasteiger partial charge in [0.25, 0.3) is 0 Å². The normalized spacial score (nSPS) is 37.5. The molecule has 2 aliphatic carbocycles. The fraction of sp³-hybridized carbons (Fsp3) is 0.679. The molecule has 1 saturated heterocycles. The number of ketones is 1. The first-order valence-corrected chi connectivity index (χ1v) is 12.2. The number of phenolic OH excluding ortho intramolecular Hbond substituents is 1. The van der Waals surface area contributed by atoms with Crippen LogP contribution < -0.4 is 4.74 Å². The number of hydrogen-bond donors (Lipinski definition) is 2. The largest absolute Gasteiger partial charge is 0.508 e. The minimum absolute atomic E-state index is 0.119. The Balaban J connectivity index is 1.73. The predicted molar refractivity (Wildman–Crippen MR) is 128 cm³/mol. The van der Waals surface area contributed by atoms with Crippen LogP contribution in [0, 0.1) is 29.6 Å². The van der Waals surface area contributed by atoms with E-state index < -0.39 is 23.2 Å². The number of aliphatic hydroxyl groups is 1. The molecule has 0 bridgehead atoms. The van der Waals surface area contributed by atoms with Crippen molar-refractivity contribution in [3.8, 4) is 11.5 Å². The molecule has 182 valence electrons. The minimum atomic E-state index is -0.688. The van der Waals surface area contributed by atoms with Gasteiger partial charge >= 0.3 is 0 Å². The van der Waals surface area contributed by atoms with Crippen LogP contribution in [0.25, 0.3) is 0 Å². The third-order valence-electron chi connectivity index (χ3n) is 9.66. The molecule has 0 aromatic heterocycles. The molecule has 3 aliphatic rings. The third kappa shape index (κ3) is 3.15. The van der Waals surface area contributed by atoms with Gasteiger partial charge in [-0.1, -0.05) is 32.4 Å². The lowest BCUT2D eigenvalue weighted by atomic mass is 9.36. The summed E-state index contributed by atoms with van der Waals surface area (Å²) >= 11 is 0. The second-order valence-electron chi connectivity index (χ2n) is 11.8. The topological polar surface area (TPSA) is 76.0 Å². The maximum atomic E-state index is 14.3. The number of rotatable bonds is 6. The van der Waals surface area contributed by atoms with Crippen molar-refractivity contribution >= 4 is 5.78 Å². The molecule has 0 radical (unpaired) electrons. The van der Waals surface area contributed by atoms with Crippen LogP contribution in [0.1, 0.15) is 71.4 Å². The first kappa shape index (κ1) is 24.3. The van der Waals surface area contributed by atoms with Gasteiger partial charge in [-0.15, -0.1) is 0 Å². The molecular formula is C28H40O5. The number of aryl methyl sites for hydroxylation is 1. The Morgan fingerprint density at radius 1 is 1.27 bits per heavy atom. The van der Waals surface area contributed by atoms with Crippen molar-refractivity contribution in [2.45, 2.75) is 91.0 Å². The highest BCUT2D eigenvalue weighted by Crippen LogP contribution is 2.79. The van der Waals surface area contributed by atoms with E-state index in [1.165, 1.54) is 0 Å². The quantitative estimate of drug-likeness (QED) is 0.580. The Morgan fingerprint density at radius 2 is 1.94 bits per heavy atom. The Labute approximate surface area is 198 Å². The van der Waals surface area contributed by atoms with Crippen LogP contribution in [0.3, 0.4) is 0 Å². The van der Waals surface area contributed by atoms with Gasteiger partial charge in [0.1, 0.15) is 17.3 Å². The average Bonchev–Trinajstić information content (AvgIpc) is 3.12. The number of carbonyl (C=O) groups excluding carboxylic acids is 1. The van der Waals surface area contributed by atoms with Gasteiger partial charge in [-0.05, 0) is 75.6 Å². The van der Waals surface area contributed by atoms with Crippen LogP contribution in [0.4, 0.5) is 0 Å². The zero-order valence-corrected chi connectivity index (χ0v) is 21.2. The van der Waals surface area contributed by atoms with Gasteiger partial charge in [-0.3, -0.25) is 4.79 Å². The standard InChI is InChI=1S/C28H40O5/c1-16(2)19(13-18-14-21(32-8)17(3)12-20(18)29)23(31)24-26(6)10-9-11-27(26,7)28(24)15-22(30)25(4,5)33-28/h12,14,19,22,24,29-30H,1,9-11,13,15H2,2-8H3/t19-,22+,24+,26+,27+,28-/m1/s1. The van der Waals surface area contributed by atoms with Crippen molar-refractivity contribution in [2.75, 3.05) is 7.11 Å². The number of methoxy groups -OCH3 is 1. The van der Waals surface area contributed by atoms with Crippen LogP contribution in [-0.4, -0.2) is 40.4 Å². The number of fused-ring (bicyclic) bond motifs is 2. The number of hydrogen-bond acceptors (Lipinski definition) is 5. The fourth-order valence-corrected chi connectivity index (χ4v) is 7.49. The number of carbonyl (C=O) groups is 1. The molecule has 4 rings (SSSR count). The maximum absolute atomic E-state index is 14.3. The van der Waals surface area contributed by atoms with Crippen molar-refractivity contribution in [2.24, 2.45) is 22.7 Å². The van der Waals surface area contributed by atoms with E-state index in [9.17, 15) is 15.0 Å². The summed E-state index contributed by atoms with van der Waals surface area (Å²) in [5, 5.41) is 21.5. The van der Waals surface area contributed by atoms with Crippen molar-refractivity contribution in [1.29, 1.82) is 0 Å². The number of allylic oxidation sites excluding steroid dienone is 1. The molecule has 1 aliphatic heterocycles. The van der Waals surface area contributed by atoms with E-state index in [4.69, 9.17) is 9.47 Å². The average molecular weight is 457 g/mol. The summed E-state index contributed by atoms with van der Waals surface area (Å²) < 4.78 is 12.1. The molecule has 0 amide bonds. The van der Waals surface area contributed by atoms with Crippen LogP contribution in [0.15, 0.2) is 24.3 Å². The van der Waals surface area contributed by atoms with Crippen molar-refractivity contribution in [3.63, 3.8) is 0 Å². The fourth-order valence-electron chi connectivity index (χ4n) is 7.49. The van der Waals surface area contributed by atoms with E-state index in [-0.39, 0.29) is 28.3 Å². The highest BCUT2D eigenvalue weighted by molar-refractivity contribution is 5.90. The molecule has 6 atom stereocenters. The zero-order chi connectivity index (χ0) is 24.6. The molecule has 0 unspecified atom stereocenters. The Morgan fingerprint density at radius 3 is 2.48 bits per heavy atom. The molecule has 1 aromatic rings. The van der Waals surface area contributed by atoms with Crippen molar-refractivity contribution < 1.29 is 24.5 Å². The summed E-state index contributed by atoms with van der Waals surface area (Å²) in [7, 11) is 1.61. The molecule has 2 saturated carbocycles. The summed E-state index contributed by atoms with van der Waals surface area (Å²) in [6, 6.07) is 3.51. The second-order valence-corrected chi connectivity index (χ2v) is 11.8. The molecule has 1 aromatic carbocycles. The number of aliphatic hydroxyl groups excluding tert-OH is 1. The summed E-state index contributed by atoms with van der Waals surface area (Å²) in [6.45, 7) is 16.3. The molecule has 2 N–H and O–H groups in total. The molecular weight excluding hydrogens is 416 g/mol. The third-order valence-corrected chi connectivity index (χ3v) is 9.66. The van der Waals surface area contributed by atoms with Gasteiger partial charge in [0, 0.05) is 17.8 Å². The van der Waals surface area contributed by atoms with Crippen molar-refractivity contribution in [1.82, 2.24) is 0 Å². The van der Waals surface area contributed by atoms with Gasteiger partial charge < -0.3 is 19.7 Å². The zero-order valence-electron chi connectivity index (χ0n) is 21.2. The summed E-state index contributed by atoms with van der Waals surface area (Å²) in [5.74, 6) is 0.214. The highest BCUT2D eigenvalue weighted by Gasteiger charge is 2.82. The Hall–Kier alpha value is -1.85. The molecule has 1 spiro atoms. The summed E-state index contributed by atoms with van der Waals surface area (Å²) in [4.78, 5) is 14.3. The molecule has 33 heavy (non-hydrogen) atoms. The van der Waals surface area contributed by atoms with Crippen LogP contribution in [-0.2, 0) is 16.0 Å². The molecule has 3 fully saturated rings. The van der Waals surface area contributed by atoms with Gasteiger partial charge in [0.15, 0.2) is 0 Å². The number of ether oxygens (including phenoxy) is 2. The van der Waals surface area contributed by atoms with Gasteiger partial charge in [-0.25, -0.2) is 0 Å². The first-order valence-electron chi connectivity index (χ1n) is 12.2. The van der Waals surface area contributed by atoms with E-state index in [1.807, 2.05) is 33.8 Å². The van der Waals surface area contributed by atoms with E-state index >= 15 is 0 Å². The maximum Gasteiger partial charge on any atom is 0.146 e. The van der Waals surface area contributed by atoms with Crippen LogP contribution in [0.2, 0.25) is 0 Å². The number of aromatic hydroxyl groups is 1. The van der Waals surface area contributed by atoms with Gasteiger partial charge in [0.2, 0.25) is 0 Å². The lowest BCUT2D eigenvalue weighted by Crippen LogP contribution is -2.75. The Bertz CT molecular complexity index is 996. The monoisotopic (exact) mass is 456 g/mol. The lowest BCUT2D eigenvalue weighted by molar-refractivity contribution is -0.305. The summed E-state index contributed by atoms with van der Waals surface area (Å²) in [6.07, 6.45) is 3.28. The second kappa shape index (κ2) is 7.58. The SMILES string of the molecule is C=C(C)[C@@H](Cc1cc(OC)c(C)cc1O)C(=O)[C@H]1[C@]2(C)CCC[C@]2(C)[C@@]12C[C@H](O)C(C)(C)O2. The first-order chi connectivity index (χ1) is 15.2. The van der Waals surface area contributed by atoms with E-state index in [0.29, 0.717) is 24.2 Å². The predicted octanol–water partition coefficient (Wildman–Crippen LogP) is 5.14. The smallest absolute Gasteiger partial charge is 0.146 e. The van der Waals surface area contributed by atoms with E-state index in [1.54, 1.807) is 13.2 Å². The summed E-state index contributed by atoms with van der Waals surface area (Å²) in [5.41, 5.74) is 0.627. The van der Waals surface area contributed by atoms with Crippen LogP contribution >= 0.6 is 0 Å². The van der Waals surface area contributed by atoms with Crippen molar-refractivity contribution in [3.05, 3.63) is 35.4 Å². The molecule has 5 heteroatoms. The van der Waals surface area contributed by atoms with E-state index in [2.05, 4.69) is 20.4 Å². The molecule has 5 nitrogen and oxygen atoms in total. The minimum Gasteiger partial charge on any atom is -0.508 e.